The van der Waals surface area contributed by atoms with E-state index in [0.29, 0.717) is 36.2 Å². The summed E-state index contributed by atoms with van der Waals surface area (Å²) < 4.78 is 88.1. The van der Waals surface area contributed by atoms with E-state index < -0.39 is 47.7 Å². The number of benzene rings is 4. The Morgan fingerprint density at radius 3 is 1.55 bits per heavy atom. The molecule has 0 aliphatic heterocycles. The molecular weight excluding hydrogens is 845 g/mol. The van der Waals surface area contributed by atoms with E-state index in [1.807, 2.05) is 0 Å². The van der Waals surface area contributed by atoms with Crippen molar-refractivity contribution in [2.24, 2.45) is 0 Å². The van der Waals surface area contributed by atoms with Crippen LogP contribution in [-0.2, 0) is 28.6 Å². The topological polar surface area (TPSA) is 168 Å². The first-order valence-electron chi connectivity index (χ1n) is 19.8. The lowest BCUT2D eigenvalue weighted by Gasteiger charge is -2.16. The van der Waals surface area contributed by atoms with Crippen LogP contribution in [0.4, 0.5) is 13.2 Å². The van der Waals surface area contributed by atoms with Gasteiger partial charge in [0.1, 0.15) is 11.5 Å². The third-order valence-electron chi connectivity index (χ3n) is 8.43. The first kappa shape index (κ1) is 49.4. The van der Waals surface area contributed by atoms with Crippen LogP contribution in [-0.4, -0.2) is 75.9 Å². The van der Waals surface area contributed by atoms with Gasteiger partial charge in [0, 0.05) is 35.6 Å². The summed E-state index contributed by atoms with van der Waals surface area (Å²) in [6, 6.07) is 16.6. The number of fused-ring (bicyclic) bond motifs is 1. The van der Waals surface area contributed by atoms with Gasteiger partial charge in [0.25, 0.3) is 0 Å². The van der Waals surface area contributed by atoms with Crippen LogP contribution in [0.5, 0.6) is 34.5 Å². The molecule has 0 fully saturated rings. The molecule has 0 unspecified atom stereocenters. The summed E-state index contributed by atoms with van der Waals surface area (Å²) in [5.41, 5.74) is 0.698. The van der Waals surface area contributed by atoms with Gasteiger partial charge >= 0.3 is 36.2 Å². The van der Waals surface area contributed by atoms with E-state index in [-0.39, 0.29) is 85.4 Å². The zero-order valence-electron chi connectivity index (χ0n) is 35.5. The van der Waals surface area contributed by atoms with Gasteiger partial charge in [-0.2, -0.15) is 0 Å². The lowest BCUT2D eigenvalue weighted by Crippen LogP contribution is -2.19. The Labute approximate surface area is 367 Å². The van der Waals surface area contributed by atoms with Gasteiger partial charge in [0.05, 0.1) is 50.8 Å². The van der Waals surface area contributed by atoms with Crippen LogP contribution in [0.15, 0.2) is 109 Å². The highest BCUT2D eigenvalue weighted by molar-refractivity contribution is 5.97. The Bertz CT molecular complexity index is 2370. The Kier molecular flexibility index (Phi) is 18.3. The van der Waals surface area contributed by atoms with Crippen LogP contribution in [0.1, 0.15) is 67.2 Å². The lowest BCUT2D eigenvalue weighted by molar-refractivity contribution is -0.275. The fourth-order valence-corrected chi connectivity index (χ4v) is 5.21. The maximum Gasteiger partial charge on any atom is 0.573 e. The molecule has 4 aromatic carbocycles. The van der Waals surface area contributed by atoms with E-state index in [1.165, 1.54) is 44.2 Å². The number of alkyl halides is 3. The van der Waals surface area contributed by atoms with Crippen molar-refractivity contribution in [1.82, 2.24) is 0 Å². The number of unbranched alkanes of at least 4 members (excludes halogenated alkanes) is 1. The predicted molar refractivity (Wildman–Crippen MR) is 226 cm³/mol. The zero-order valence-corrected chi connectivity index (χ0v) is 35.5. The van der Waals surface area contributed by atoms with Gasteiger partial charge in [0.2, 0.25) is 0 Å². The Morgan fingerprint density at radius 1 is 0.469 bits per heavy atom. The summed E-state index contributed by atoms with van der Waals surface area (Å²) >= 11 is 0. The molecule has 4 aromatic rings. The highest BCUT2D eigenvalue weighted by atomic mass is 19.4. The van der Waals surface area contributed by atoms with E-state index >= 15 is 0 Å². The highest BCUT2D eigenvalue weighted by Crippen LogP contribution is 2.37. The minimum Gasteiger partial charge on any atom is -0.494 e. The molecule has 0 radical (unpaired) electrons. The van der Waals surface area contributed by atoms with Crippen molar-refractivity contribution in [3.63, 3.8) is 0 Å². The van der Waals surface area contributed by atoms with Gasteiger partial charge < -0.3 is 42.6 Å². The number of esters is 5. The second kappa shape index (κ2) is 23.8. The molecule has 0 bridgehead atoms. The highest BCUT2D eigenvalue weighted by Gasteiger charge is 2.33. The number of carbonyl (C=O) groups is 5. The lowest BCUT2D eigenvalue weighted by atomic mass is 10.1. The van der Waals surface area contributed by atoms with Gasteiger partial charge in [-0.15, -0.1) is 13.2 Å². The van der Waals surface area contributed by atoms with Crippen molar-refractivity contribution >= 4 is 40.6 Å². The van der Waals surface area contributed by atoms with Crippen molar-refractivity contribution in [3.05, 3.63) is 120 Å². The van der Waals surface area contributed by atoms with Gasteiger partial charge in [-0.25, -0.2) is 24.0 Å². The monoisotopic (exact) mass is 892 g/mol. The molecule has 64 heavy (non-hydrogen) atoms. The number of rotatable bonds is 24. The van der Waals surface area contributed by atoms with E-state index in [4.69, 9.17) is 37.9 Å². The minimum absolute atomic E-state index is 0.00642. The van der Waals surface area contributed by atoms with Gasteiger partial charge in [-0.3, -0.25) is 0 Å². The molecule has 4 rings (SSSR count). The summed E-state index contributed by atoms with van der Waals surface area (Å²) in [7, 11) is 0. The average Bonchev–Trinajstić information content (AvgIpc) is 3.24. The van der Waals surface area contributed by atoms with Crippen LogP contribution in [0, 0.1) is 0 Å². The Hall–Kier alpha value is -7.30. The van der Waals surface area contributed by atoms with Crippen molar-refractivity contribution < 1.29 is 79.8 Å². The van der Waals surface area contributed by atoms with Crippen molar-refractivity contribution in [1.29, 1.82) is 0 Å². The van der Waals surface area contributed by atoms with Crippen LogP contribution >= 0.6 is 0 Å². The van der Waals surface area contributed by atoms with Gasteiger partial charge in [0.15, 0.2) is 23.0 Å². The first-order valence-corrected chi connectivity index (χ1v) is 19.8. The largest absolute Gasteiger partial charge is 0.573 e. The summed E-state index contributed by atoms with van der Waals surface area (Å²) in [5, 5.41) is 1.38. The number of carbonyl (C=O) groups excluding carboxylic acids is 5. The molecule has 14 nitrogen and oxygen atoms in total. The third kappa shape index (κ3) is 16.2. The number of hydrogen-bond donors (Lipinski definition) is 0. The maximum atomic E-state index is 13.6. The Morgan fingerprint density at radius 2 is 0.938 bits per heavy atom. The molecule has 0 aliphatic carbocycles. The van der Waals surface area contributed by atoms with Gasteiger partial charge in [-0.05, 0) is 99.0 Å². The quantitative estimate of drug-likeness (QED) is 0.0215. The standard InChI is InChI=1S/C47H47F3O14/c1-29(2)42(51)59-20-8-7-19-56-36-15-13-32-25-34(12-11-33(32)26-36)45(54)62-37-16-18-39(41(28-37)64-47(48,49)50)63-46(55)35-14-17-38(57-21-9-23-60-43(52)30(3)4)40(27-35)58-22-10-24-61-44(53)31(5)6/h11-18,25-28H,1,3,5,7-10,19-24H2,2,4,6H3. The third-order valence-corrected chi connectivity index (χ3v) is 8.43. The minimum atomic E-state index is -5.23. The van der Waals surface area contributed by atoms with E-state index in [1.54, 1.807) is 31.2 Å². The van der Waals surface area contributed by atoms with Crippen molar-refractivity contribution in [3.8, 4) is 34.5 Å². The Balaban J connectivity index is 1.43. The second-order valence-electron chi connectivity index (χ2n) is 14.0. The van der Waals surface area contributed by atoms with Crippen LogP contribution < -0.4 is 28.4 Å². The number of hydrogen-bond acceptors (Lipinski definition) is 14. The molecule has 0 aliphatic rings. The van der Waals surface area contributed by atoms with Crippen molar-refractivity contribution in [2.75, 3.05) is 39.6 Å². The predicted octanol–water partition coefficient (Wildman–Crippen LogP) is 9.23. The molecule has 17 heteroatoms. The molecular formula is C47H47F3O14. The summed E-state index contributed by atoms with van der Waals surface area (Å²) in [5.74, 6) is -4.78. The van der Waals surface area contributed by atoms with Crippen molar-refractivity contribution in [2.45, 2.75) is 52.8 Å². The van der Waals surface area contributed by atoms with E-state index in [9.17, 15) is 37.1 Å². The van der Waals surface area contributed by atoms with Crippen LogP contribution in [0.3, 0.4) is 0 Å². The normalized spacial score (nSPS) is 10.8. The number of halogens is 3. The van der Waals surface area contributed by atoms with E-state index in [0.717, 1.165) is 23.6 Å². The SMILES string of the molecule is C=C(C)C(=O)OCCCCOc1ccc2cc(C(=O)Oc3ccc(OC(=O)c4ccc(OCCCOC(=O)C(=C)C)c(OCCCOC(=O)C(=C)C)c4)c(OC(F)(F)F)c3)ccc2c1. The molecule has 0 atom stereocenters. The molecule has 0 N–H and O–H groups in total. The summed E-state index contributed by atoms with van der Waals surface area (Å²) in [6.45, 7) is 15.8. The van der Waals surface area contributed by atoms with E-state index in [2.05, 4.69) is 24.5 Å². The second-order valence-corrected chi connectivity index (χ2v) is 14.0. The average molecular weight is 893 g/mol. The molecule has 0 amide bonds. The summed E-state index contributed by atoms with van der Waals surface area (Å²) in [4.78, 5) is 61.3. The number of ether oxygens (including phenoxy) is 9. The molecule has 0 aromatic heterocycles. The smallest absolute Gasteiger partial charge is 0.494 e. The maximum absolute atomic E-state index is 13.6. The first-order chi connectivity index (χ1) is 30.4. The molecule has 0 saturated heterocycles. The molecule has 0 saturated carbocycles. The van der Waals surface area contributed by atoms with Crippen LogP contribution in [0.25, 0.3) is 10.8 Å². The molecule has 0 spiro atoms. The summed E-state index contributed by atoms with van der Waals surface area (Å²) in [6.07, 6.45) is -3.48. The van der Waals surface area contributed by atoms with Gasteiger partial charge in [-0.1, -0.05) is 31.9 Å². The fraction of sp³-hybridized carbons (Fsp3) is 0.298. The molecule has 0 heterocycles. The fourth-order valence-electron chi connectivity index (χ4n) is 5.21. The zero-order chi connectivity index (χ0) is 46.8. The van der Waals surface area contributed by atoms with Crippen LogP contribution in [0.2, 0.25) is 0 Å². The molecule has 340 valence electrons.